The van der Waals surface area contributed by atoms with Crippen LogP contribution in [0.25, 0.3) is 10.9 Å². The third kappa shape index (κ3) is 4.33. The Morgan fingerprint density at radius 2 is 2.13 bits per heavy atom. The van der Waals surface area contributed by atoms with Gasteiger partial charge in [0.15, 0.2) is 5.82 Å². The number of aliphatic hydroxyl groups is 2. The van der Waals surface area contributed by atoms with Crippen LogP contribution < -0.4 is 11.1 Å². The number of rotatable bonds is 4. The van der Waals surface area contributed by atoms with Crippen molar-refractivity contribution in [1.29, 1.82) is 0 Å². The van der Waals surface area contributed by atoms with Crippen molar-refractivity contribution in [2.24, 2.45) is 0 Å². The van der Waals surface area contributed by atoms with Gasteiger partial charge in [-0.1, -0.05) is 6.07 Å². The van der Waals surface area contributed by atoms with Gasteiger partial charge in [0.25, 0.3) is 0 Å². The number of amides is 1. The largest absolute Gasteiger partial charge is 0.444 e. The summed E-state index contributed by atoms with van der Waals surface area (Å²) in [7, 11) is 0. The summed E-state index contributed by atoms with van der Waals surface area (Å²) in [5.74, 6) is 0.369. The number of aromatic nitrogens is 2. The Morgan fingerprint density at radius 3 is 2.78 bits per heavy atom. The molecule has 0 bridgehead atoms. The summed E-state index contributed by atoms with van der Waals surface area (Å²) in [5.41, 5.74) is 6.20. The van der Waals surface area contributed by atoms with Crippen LogP contribution in [0.3, 0.4) is 0 Å². The van der Waals surface area contributed by atoms with E-state index >= 15 is 0 Å². The number of benzene rings is 1. The number of aliphatic hydroxyl groups excluding tert-OH is 2. The van der Waals surface area contributed by atoms with E-state index in [9.17, 15) is 15.0 Å². The summed E-state index contributed by atoms with van der Waals surface area (Å²) in [5, 5.41) is 30.0. The number of nitrogens with one attached hydrogen (secondary N) is 2. The van der Waals surface area contributed by atoms with Crippen LogP contribution in [0.2, 0.25) is 0 Å². The van der Waals surface area contributed by atoms with E-state index in [2.05, 4.69) is 15.5 Å². The topological polar surface area (TPSA) is 133 Å². The predicted molar refractivity (Wildman–Crippen MR) is 85.7 cm³/mol. The number of ether oxygens (including phenoxy) is 1. The zero-order valence-electron chi connectivity index (χ0n) is 13.3. The minimum atomic E-state index is -1.18. The fraction of sp³-hybridized carbons (Fsp3) is 0.467. The highest BCUT2D eigenvalue weighted by Crippen LogP contribution is 2.24. The molecule has 2 aromatic rings. The number of H-pyrrole nitrogens is 1. The summed E-state index contributed by atoms with van der Waals surface area (Å²) in [6, 6.07) is 5.01. The van der Waals surface area contributed by atoms with Gasteiger partial charge in [-0.15, -0.1) is 0 Å². The summed E-state index contributed by atoms with van der Waals surface area (Å²) in [6.07, 6.45) is -3.00. The lowest BCUT2D eigenvalue weighted by atomic mass is 10.0. The molecule has 6 N–H and O–H groups in total. The first-order valence-electron chi connectivity index (χ1n) is 7.24. The first kappa shape index (κ1) is 17.0. The minimum absolute atomic E-state index is 0.140. The Hall–Kier alpha value is -2.32. The van der Waals surface area contributed by atoms with Crippen LogP contribution in [0.4, 0.5) is 10.6 Å². The fourth-order valence-electron chi connectivity index (χ4n) is 2.08. The van der Waals surface area contributed by atoms with Crippen LogP contribution in [-0.4, -0.2) is 44.8 Å². The van der Waals surface area contributed by atoms with E-state index in [1.54, 1.807) is 39.0 Å². The van der Waals surface area contributed by atoms with Crippen LogP contribution in [0.15, 0.2) is 18.2 Å². The standard InChI is InChI=1S/C15H22N4O4/c1-15(2,3)23-14(22)17-7-11(20)12(21)8-4-5-9-10(6-8)18-19-13(9)16/h4-6,11-12,20-21H,7H2,1-3H3,(H,17,22)(H3,16,18,19). The van der Waals surface area contributed by atoms with Gasteiger partial charge in [-0.2, -0.15) is 5.10 Å². The molecule has 0 saturated heterocycles. The molecular weight excluding hydrogens is 300 g/mol. The highest BCUT2D eigenvalue weighted by atomic mass is 16.6. The first-order valence-corrected chi connectivity index (χ1v) is 7.24. The second-order valence-corrected chi connectivity index (χ2v) is 6.31. The molecular formula is C15H22N4O4. The molecule has 0 fully saturated rings. The molecule has 2 atom stereocenters. The number of hydrogen-bond donors (Lipinski definition) is 5. The van der Waals surface area contributed by atoms with Crippen LogP contribution >= 0.6 is 0 Å². The van der Waals surface area contributed by atoms with Crippen molar-refractivity contribution in [3.05, 3.63) is 23.8 Å². The maximum atomic E-state index is 11.5. The molecule has 1 aromatic carbocycles. The number of alkyl carbamates (subject to hydrolysis) is 1. The Labute approximate surface area is 133 Å². The Bertz CT molecular complexity index is 692. The van der Waals surface area contributed by atoms with Gasteiger partial charge >= 0.3 is 6.09 Å². The fourth-order valence-corrected chi connectivity index (χ4v) is 2.08. The molecule has 2 unspecified atom stereocenters. The van der Waals surface area contributed by atoms with Crippen molar-refractivity contribution < 1.29 is 19.7 Å². The van der Waals surface area contributed by atoms with Crippen LogP contribution in [0.5, 0.6) is 0 Å². The smallest absolute Gasteiger partial charge is 0.407 e. The molecule has 8 nitrogen and oxygen atoms in total. The number of carbonyl (C=O) groups excluding carboxylic acids is 1. The predicted octanol–water partition coefficient (Wildman–Crippen LogP) is 1.06. The van der Waals surface area contributed by atoms with E-state index in [1.807, 2.05) is 0 Å². The molecule has 0 saturated carbocycles. The molecule has 2 rings (SSSR count). The number of nitrogen functional groups attached to an aromatic ring is 1. The van der Waals surface area contributed by atoms with Crippen LogP contribution in [-0.2, 0) is 4.74 Å². The average Bonchev–Trinajstić information content (AvgIpc) is 2.83. The second-order valence-electron chi connectivity index (χ2n) is 6.31. The maximum absolute atomic E-state index is 11.5. The average molecular weight is 322 g/mol. The number of nitrogens with zero attached hydrogens (tertiary/aromatic N) is 1. The summed E-state index contributed by atoms with van der Waals surface area (Å²) < 4.78 is 5.06. The molecule has 0 spiro atoms. The Kier molecular flexibility index (Phi) is 4.76. The maximum Gasteiger partial charge on any atom is 0.407 e. The van der Waals surface area contributed by atoms with E-state index in [0.29, 0.717) is 16.9 Å². The van der Waals surface area contributed by atoms with E-state index in [4.69, 9.17) is 10.5 Å². The molecule has 0 aliphatic heterocycles. The van der Waals surface area contributed by atoms with Gasteiger partial charge in [-0.05, 0) is 38.5 Å². The third-order valence-electron chi connectivity index (χ3n) is 3.18. The Balaban J connectivity index is 1.98. The summed E-state index contributed by atoms with van der Waals surface area (Å²) in [4.78, 5) is 11.5. The quantitative estimate of drug-likeness (QED) is 0.571. The minimum Gasteiger partial charge on any atom is -0.444 e. The van der Waals surface area contributed by atoms with E-state index < -0.39 is 23.9 Å². The van der Waals surface area contributed by atoms with Gasteiger partial charge in [-0.3, -0.25) is 5.10 Å². The van der Waals surface area contributed by atoms with Gasteiger partial charge in [0.2, 0.25) is 0 Å². The molecule has 1 heterocycles. The molecule has 23 heavy (non-hydrogen) atoms. The first-order chi connectivity index (χ1) is 10.7. The van der Waals surface area contributed by atoms with Crippen LogP contribution in [0, 0.1) is 0 Å². The number of carbonyl (C=O) groups is 1. The van der Waals surface area contributed by atoms with E-state index in [-0.39, 0.29) is 6.54 Å². The molecule has 0 aliphatic carbocycles. The van der Waals surface area contributed by atoms with Crippen molar-refractivity contribution in [2.45, 2.75) is 38.6 Å². The second kappa shape index (κ2) is 6.43. The lowest BCUT2D eigenvalue weighted by Crippen LogP contribution is -2.38. The zero-order valence-corrected chi connectivity index (χ0v) is 13.3. The number of hydrogen-bond acceptors (Lipinski definition) is 6. The summed E-state index contributed by atoms with van der Waals surface area (Å²) in [6.45, 7) is 5.08. The highest BCUT2D eigenvalue weighted by molar-refractivity contribution is 5.88. The highest BCUT2D eigenvalue weighted by Gasteiger charge is 2.22. The van der Waals surface area contributed by atoms with Gasteiger partial charge in [0, 0.05) is 11.9 Å². The lowest BCUT2D eigenvalue weighted by Gasteiger charge is -2.22. The van der Waals surface area contributed by atoms with Gasteiger partial charge < -0.3 is 26.0 Å². The van der Waals surface area contributed by atoms with Crippen molar-refractivity contribution in [2.75, 3.05) is 12.3 Å². The monoisotopic (exact) mass is 322 g/mol. The van der Waals surface area contributed by atoms with Gasteiger partial charge in [-0.25, -0.2) is 4.79 Å². The zero-order chi connectivity index (χ0) is 17.2. The van der Waals surface area contributed by atoms with Crippen molar-refractivity contribution in [1.82, 2.24) is 15.5 Å². The SMILES string of the molecule is CC(C)(C)OC(=O)NCC(O)C(O)c1ccc2c(N)n[nH]c2c1. The van der Waals surface area contributed by atoms with Crippen LogP contribution in [0.1, 0.15) is 32.4 Å². The molecule has 8 heteroatoms. The molecule has 1 aromatic heterocycles. The molecule has 1 amide bonds. The number of anilines is 1. The molecule has 0 aliphatic rings. The third-order valence-corrected chi connectivity index (χ3v) is 3.18. The summed E-state index contributed by atoms with van der Waals surface area (Å²) >= 11 is 0. The van der Waals surface area contributed by atoms with Gasteiger partial charge in [0.1, 0.15) is 17.8 Å². The van der Waals surface area contributed by atoms with Crippen molar-refractivity contribution in [3.8, 4) is 0 Å². The lowest BCUT2D eigenvalue weighted by molar-refractivity contribution is 0.0130. The number of aromatic amines is 1. The number of fused-ring (bicyclic) bond motifs is 1. The Morgan fingerprint density at radius 1 is 1.43 bits per heavy atom. The van der Waals surface area contributed by atoms with Gasteiger partial charge in [0.05, 0.1) is 5.52 Å². The molecule has 0 radical (unpaired) electrons. The normalized spacial score (nSPS) is 14.5. The molecule has 126 valence electrons. The van der Waals surface area contributed by atoms with Crippen molar-refractivity contribution >= 4 is 22.8 Å². The van der Waals surface area contributed by atoms with Crippen molar-refractivity contribution in [3.63, 3.8) is 0 Å². The van der Waals surface area contributed by atoms with E-state index in [0.717, 1.165) is 5.39 Å². The number of nitrogens with two attached hydrogens (primary N) is 1. The van der Waals surface area contributed by atoms with E-state index in [1.165, 1.54) is 0 Å².